The van der Waals surface area contributed by atoms with E-state index in [-0.39, 0.29) is 7.92 Å². The zero-order valence-corrected chi connectivity index (χ0v) is 17.1. The lowest BCUT2D eigenvalue weighted by atomic mass is 9.93. The van der Waals surface area contributed by atoms with Gasteiger partial charge >= 0.3 is 0 Å². The molecule has 0 spiro atoms. The molecule has 0 aromatic rings. The Kier molecular flexibility index (Phi) is 7.45. The van der Waals surface area contributed by atoms with Crippen molar-refractivity contribution >= 4 is 7.92 Å². The fourth-order valence-corrected chi connectivity index (χ4v) is 10.0. The molecular formula is C23H39P. The molecule has 0 heterocycles. The van der Waals surface area contributed by atoms with Crippen LogP contribution in [0.1, 0.15) is 104 Å². The second-order valence-corrected chi connectivity index (χ2v) is 11.8. The molecule has 0 aromatic carbocycles. The van der Waals surface area contributed by atoms with Crippen LogP contribution in [0.5, 0.6) is 0 Å². The summed E-state index contributed by atoms with van der Waals surface area (Å²) in [7, 11) is 0.217. The van der Waals surface area contributed by atoms with Gasteiger partial charge in [0.15, 0.2) is 0 Å². The van der Waals surface area contributed by atoms with Crippen molar-refractivity contribution in [3.63, 3.8) is 0 Å². The molecule has 0 N–H and O–H groups in total. The van der Waals surface area contributed by atoms with Crippen molar-refractivity contribution in [1.29, 1.82) is 0 Å². The number of allylic oxidation sites excluding steroid dienone is 4. The van der Waals surface area contributed by atoms with Gasteiger partial charge in [-0.1, -0.05) is 76.2 Å². The predicted molar refractivity (Wildman–Crippen MR) is 110 cm³/mol. The van der Waals surface area contributed by atoms with Crippen molar-refractivity contribution in [2.45, 2.75) is 121 Å². The third-order valence-corrected chi connectivity index (χ3v) is 10.6. The molecule has 3 fully saturated rings. The summed E-state index contributed by atoms with van der Waals surface area (Å²) in [5, 5.41) is 0. The van der Waals surface area contributed by atoms with Crippen LogP contribution in [-0.4, -0.2) is 17.0 Å². The maximum Gasteiger partial charge on any atom is 0.000867 e. The van der Waals surface area contributed by atoms with Crippen LogP contribution < -0.4 is 0 Å². The first kappa shape index (κ1) is 18.7. The Balaban J connectivity index is 1.83. The van der Waals surface area contributed by atoms with Gasteiger partial charge in [0, 0.05) is 5.66 Å². The molecule has 0 radical (unpaired) electrons. The Morgan fingerprint density at radius 1 is 0.750 bits per heavy atom. The van der Waals surface area contributed by atoms with Gasteiger partial charge in [-0.3, -0.25) is 0 Å². The maximum atomic E-state index is 2.56. The molecule has 1 heteroatoms. The van der Waals surface area contributed by atoms with Crippen LogP contribution in [0.2, 0.25) is 0 Å². The third kappa shape index (κ3) is 4.97. The van der Waals surface area contributed by atoms with Crippen molar-refractivity contribution in [2.24, 2.45) is 0 Å². The second kappa shape index (κ2) is 9.56. The third-order valence-electron chi connectivity index (χ3n) is 6.60. The van der Waals surface area contributed by atoms with Gasteiger partial charge in [-0.25, -0.2) is 0 Å². The minimum atomic E-state index is 0.217. The summed E-state index contributed by atoms with van der Waals surface area (Å²) in [6.07, 6.45) is 26.2. The van der Waals surface area contributed by atoms with Crippen LogP contribution in [0.25, 0.3) is 0 Å². The highest BCUT2D eigenvalue weighted by atomic mass is 31.1. The molecule has 24 heavy (non-hydrogen) atoms. The zero-order chi connectivity index (χ0) is 16.8. The van der Waals surface area contributed by atoms with Gasteiger partial charge in [0.1, 0.15) is 0 Å². The quantitative estimate of drug-likeness (QED) is 0.453. The van der Waals surface area contributed by atoms with Gasteiger partial charge in [0.05, 0.1) is 0 Å². The molecule has 0 aromatic heterocycles. The van der Waals surface area contributed by atoms with Crippen LogP contribution >= 0.6 is 7.92 Å². The van der Waals surface area contributed by atoms with Crippen LogP contribution in [0, 0.1) is 0 Å². The van der Waals surface area contributed by atoms with E-state index in [1.807, 2.05) is 5.57 Å². The summed E-state index contributed by atoms with van der Waals surface area (Å²) >= 11 is 0. The topological polar surface area (TPSA) is 0 Å². The summed E-state index contributed by atoms with van der Waals surface area (Å²) in [6, 6.07) is 0. The summed E-state index contributed by atoms with van der Waals surface area (Å²) in [5.74, 6) is 0. The molecular weight excluding hydrogens is 307 g/mol. The van der Waals surface area contributed by atoms with E-state index >= 15 is 0 Å². The smallest absolute Gasteiger partial charge is 0.000867 e. The monoisotopic (exact) mass is 346 g/mol. The molecule has 0 amide bonds. The standard InChI is InChI=1S/C23H39P/c1-19(2)17-18-20-11-9-10-16-23(20)24(21-12-5-3-6-13-21)22-14-7-4-8-15-22/h17-18,21-23H,3-16H2,1-2H3. The first-order chi connectivity index (χ1) is 11.8. The Bertz CT molecular complexity index is 413. The molecule has 1 unspecified atom stereocenters. The summed E-state index contributed by atoms with van der Waals surface area (Å²) in [5.41, 5.74) is 6.51. The van der Waals surface area contributed by atoms with E-state index in [0.717, 1.165) is 17.0 Å². The largest absolute Gasteiger partial charge is 0.0930 e. The minimum absolute atomic E-state index is 0.217. The van der Waals surface area contributed by atoms with Gasteiger partial charge in [-0.05, 0) is 70.1 Å². The van der Waals surface area contributed by atoms with Crippen molar-refractivity contribution in [2.75, 3.05) is 0 Å². The molecule has 3 saturated carbocycles. The van der Waals surface area contributed by atoms with Crippen molar-refractivity contribution < 1.29 is 0 Å². The highest BCUT2D eigenvalue weighted by Crippen LogP contribution is 2.62. The maximum absolute atomic E-state index is 2.56. The van der Waals surface area contributed by atoms with Crippen molar-refractivity contribution in [1.82, 2.24) is 0 Å². The normalized spacial score (nSPS) is 29.1. The molecule has 3 aliphatic carbocycles. The van der Waals surface area contributed by atoms with E-state index in [1.54, 1.807) is 25.7 Å². The molecule has 1 atom stereocenters. The van der Waals surface area contributed by atoms with E-state index in [0.29, 0.717) is 0 Å². The fourth-order valence-electron chi connectivity index (χ4n) is 5.39. The van der Waals surface area contributed by atoms with Gasteiger partial charge < -0.3 is 0 Å². The minimum Gasteiger partial charge on any atom is -0.0930 e. The molecule has 0 saturated heterocycles. The molecule has 136 valence electrons. The van der Waals surface area contributed by atoms with Crippen LogP contribution in [0.3, 0.4) is 0 Å². The molecule has 0 aliphatic heterocycles. The Morgan fingerprint density at radius 3 is 1.83 bits per heavy atom. The average Bonchev–Trinajstić information content (AvgIpc) is 2.63. The second-order valence-electron chi connectivity index (χ2n) is 8.78. The van der Waals surface area contributed by atoms with E-state index in [4.69, 9.17) is 0 Å². The lowest BCUT2D eigenvalue weighted by molar-refractivity contribution is 0.476. The lowest BCUT2D eigenvalue weighted by Crippen LogP contribution is -2.29. The van der Waals surface area contributed by atoms with Crippen LogP contribution in [-0.2, 0) is 0 Å². The zero-order valence-electron chi connectivity index (χ0n) is 16.2. The molecule has 0 bridgehead atoms. The number of hydrogen-bond acceptors (Lipinski definition) is 0. The van der Waals surface area contributed by atoms with Crippen molar-refractivity contribution in [3.8, 4) is 0 Å². The van der Waals surface area contributed by atoms with Gasteiger partial charge in [-0.15, -0.1) is 0 Å². The Morgan fingerprint density at radius 2 is 1.29 bits per heavy atom. The van der Waals surface area contributed by atoms with E-state index in [9.17, 15) is 0 Å². The average molecular weight is 347 g/mol. The fraction of sp³-hybridized carbons (Fsp3) is 0.826. The number of hydrogen-bond donors (Lipinski definition) is 0. The van der Waals surface area contributed by atoms with Crippen LogP contribution in [0.4, 0.5) is 0 Å². The summed E-state index contributed by atoms with van der Waals surface area (Å²) in [6.45, 7) is 4.50. The SMILES string of the molecule is CC(C)=CC=C1CCCCC1P(C1CCCCC1)C1CCCCC1. The summed E-state index contributed by atoms with van der Waals surface area (Å²) in [4.78, 5) is 0. The molecule has 3 aliphatic rings. The summed E-state index contributed by atoms with van der Waals surface area (Å²) < 4.78 is 0. The van der Waals surface area contributed by atoms with Gasteiger partial charge in [0.2, 0.25) is 0 Å². The van der Waals surface area contributed by atoms with Crippen molar-refractivity contribution in [3.05, 3.63) is 23.3 Å². The van der Waals surface area contributed by atoms with Crippen LogP contribution in [0.15, 0.2) is 23.3 Å². The first-order valence-electron chi connectivity index (χ1n) is 10.9. The van der Waals surface area contributed by atoms with Gasteiger partial charge in [0.25, 0.3) is 0 Å². The Labute approximate surface area is 152 Å². The lowest BCUT2D eigenvalue weighted by Gasteiger charge is -2.45. The predicted octanol–water partition coefficient (Wildman–Crippen LogP) is 7.97. The van der Waals surface area contributed by atoms with E-state index < -0.39 is 0 Å². The highest BCUT2D eigenvalue weighted by Gasteiger charge is 2.38. The molecule has 3 rings (SSSR count). The van der Waals surface area contributed by atoms with E-state index in [1.165, 1.54) is 69.8 Å². The highest BCUT2D eigenvalue weighted by molar-refractivity contribution is 7.60. The van der Waals surface area contributed by atoms with Gasteiger partial charge in [-0.2, -0.15) is 0 Å². The first-order valence-corrected chi connectivity index (χ1v) is 12.4. The number of rotatable bonds is 4. The van der Waals surface area contributed by atoms with E-state index in [2.05, 4.69) is 26.0 Å². The molecule has 0 nitrogen and oxygen atoms in total. The Hall–Kier alpha value is -0.0900.